The normalized spacial score (nSPS) is 10.7. The molecule has 0 atom stereocenters. The third kappa shape index (κ3) is 3.79. The molecule has 0 aliphatic rings. The largest absolute Gasteiger partial charge is 0.438 e. The first-order valence-electron chi connectivity index (χ1n) is 6.15. The zero-order chi connectivity index (χ0) is 15.6. The quantitative estimate of drug-likeness (QED) is 0.493. The van der Waals surface area contributed by atoms with Gasteiger partial charge in [-0.25, -0.2) is 4.98 Å². The Labute approximate surface area is 138 Å². The number of nitrogens with zero attached hydrogens (tertiary/aromatic N) is 2. The molecule has 110 valence electrons. The molecular formula is C14H12Br2N2O3. The van der Waals surface area contributed by atoms with Gasteiger partial charge >= 0.3 is 0 Å². The van der Waals surface area contributed by atoms with Gasteiger partial charge in [-0.15, -0.1) is 0 Å². The van der Waals surface area contributed by atoms with Crippen LogP contribution in [0.5, 0.6) is 11.6 Å². The van der Waals surface area contributed by atoms with E-state index in [4.69, 9.17) is 4.74 Å². The molecule has 1 aromatic carbocycles. The summed E-state index contributed by atoms with van der Waals surface area (Å²) < 4.78 is 7.20. The van der Waals surface area contributed by atoms with Crippen LogP contribution in [-0.4, -0.2) is 9.91 Å². The molecule has 0 saturated carbocycles. The van der Waals surface area contributed by atoms with E-state index >= 15 is 0 Å². The van der Waals surface area contributed by atoms with Crippen LogP contribution >= 0.6 is 31.9 Å². The van der Waals surface area contributed by atoms with Crippen molar-refractivity contribution in [1.82, 2.24) is 4.98 Å². The predicted octanol–water partition coefficient (Wildman–Crippen LogP) is 5.43. The molecule has 1 aromatic heterocycles. The minimum absolute atomic E-state index is 0.0888. The lowest BCUT2D eigenvalue weighted by atomic mass is 10.0. The monoisotopic (exact) mass is 414 g/mol. The van der Waals surface area contributed by atoms with Crippen LogP contribution in [0, 0.1) is 10.1 Å². The Bertz CT molecular complexity index is 690. The standard InChI is InChI=1S/C14H12Br2N2O3/c1-8(2)11-5-9(15)3-4-13(11)21-14-12(16)6-10(7-17-14)18(19)20/h3-8H,1-2H3. The van der Waals surface area contributed by atoms with Gasteiger partial charge in [-0.2, -0.15) is 0 Å². The number of nitro groups is 1. The zero-order valence-electron chi connectivity index (χ0n) is 11.3. The first-order valence-corrected chi connectivity index (χ1v) is 7.74. The van der Waals surface area contributed by atoms with Crippen LogP contribution in [0.25, 0.3) is 0 Å². The lowest BCUT2D eigenvalue weighted by Gasteiger charge is -2.14. The molecule has 1 heterocycles. The molecule has 0 aliphatic heterocycles. The Kier molecular flexibility index (Phi) is 4.95. The molecule has 0 aliphatic carbocycles. The highest BCUT2D eigenvalue weighted by atomic mass is 79.9. The fourth-order valence-corrected chi connectivity index (χ4v) is 2.55. The van der Waals surface area contributed by atoms with Gasteiger partial charge in [0, 0.05) is 10.5 Å². The predicted molar refractivity (Wildman–Crippen MR) is 86.9 cm³/mol. The van der Waals surface area contributed by atoms with Crippen molar-refractivity contribution in [3.8, 4) is 11.6 Å². The molecule has 2 rings (SSSR count). The molecule has 5 nitrogen and oxygen atoms in total. The van der Waals surface area contributed by atoms with Crippen molar-refractivity contribution in [1.29, 1.82) is 0 Å². The lowest BCUT2D eigenvalue weighted by Crippen LogP contribution is -1.97. The van der Waals surface area contributed by atoms with E-state index in [-0.39, 0.29) is 11.6 Å². The Morgan fingerprint density at radius 1 is 1.29 bits per heavy atom. The first kappa shape index (κ1) is 15.9. The highest BCUT2D eigenvalue weighted by Gasteiger charge is 2.15. The van der Waals surface area contributed by atoms with E-state index in [2.05, 4.69) is 50.7 Å². The lowest BCUT2D eigenvalue weighted by molar-refractivity contribution is -0.385. The molecule has 21 heavy (non-hydrogen) atoms. The summed E-state index contributed by atoms with van der Waals surface area (Å²) >= 11 is 6.68. The first-order chi connectivity index (χ1) is 9.88. The summed E-state index contributed by atoms with van der Waals surface area (Å²) in [5.74, 6) is 1.24. The van der Waals surface area contributed by atoms with E-state index < -0.39 is 4.92 Å². The summed E-state index contributed by atoms with van der Waals surface area (Å²) in [6.07, 6.45) is 1.17. The van der Waals surface area contributed by atoms with Crippen LogP contribution in [0.2, 0.25) is 0 Å². The SMILES string of the molecule is CC(C)c1cc(Br)ccc1Oc1ncc([N+](=O)[O-])cc1Br. The maximum atomic E-state index is 10.7. The number of aromatic nitrogens is 1. The Hall–Kier alpha value is -1.47. The maximum Gasteiger partial charge on any atom is 0.288 e. The highest BCUT2D eigenvalue weighted by Crippen LogP contribution is 2.35. The van der Waals surface area contributed by atoms with Crippen molar-refractivity contribution in [2.75, 3.05) is 0 Å². The van der Waals surface area contributed by atoms with E-state index in [0.717, 1.165) is 10.0 Å². The Balaban J connectivity index is 2.36. The van der Waals surface area contributed by atoms with Crippen LogP contribution in [0.15, 0.2) is 39.4 Å². The smallest absolute Gasteiger partial charge is 0.288 e. The summed E-state index contributed by atoms with van der Waals surface area (Å²) in [6, 6.07) is 7.07. The molecule has 0 radical (unpaired) electrons. The van der Waals surface area contributed by atoms with E-state index in [1.165, 1.54) is 12.3 Å². The van der Waals surface area contributed by atoms with Crippen LogP contribution in [0.3, 0.4) is 0 Å². The molecule has 0 fully saturated rings. The highest BCUT2D eigenvalue weighted by molar-refractivity contribution is 9.10. The molecule has 0 amide bonds. The summed E-state index contributed by atoms with van der Waals surface area (Å²) in [6.45, 7) is 4.12. The molecule has 0 spiro atoms. The summed E-state index contributed by atoms with van der Waals surface area (Å²) in [5, 5.41) is 10.7. The number of halogens is 2. The molecule has 2 aromatic rings. The summed E-state index contributed by atoms with van der Waals surface area (Å²) in [4.78, 5) is 14.2. The van der Waals surface area contributed by atoms with Crippen molar-refractivity contribution in [3.05, 3.63) is 55.1 Å². The molecule has 7 heteroatoms. The van der Waals surface area contributed by atoms with Gasteiger partial charge in [0.2, 0.25) is 5.88 Å². The van der Waals surface area contributed by atoms with Crippen molar-refractivity contribution >= 4 is 37.5 Å². The van der Waals surface area contributed by atoms with Crippen molar-refractivity contribution in [2.45, 2.75) is 19.8 Å². The van der Waals surface area contributed by atoms with Gasteiger partial charge in [0.25, 0.3) is 5.69 Å². The van der Waals surface area contributed by atoms with Crippen molar-refractivity contribution in [2.24, 2.45) is 0 Å². The number of hydrogen-bond acceptors (Lipinski definition) is 4. The van der Waals surface area contributed by atoms with E-state index in [9.17, 15) is 10.1 Å². The number of hydrogen-bond donors (Lipinski definition) is 0. The average molecular weight is 416 g/mol. The number of benzene rings is 1. The van der Waals surface area contributed by atoms with Crippen molar-refractivity contribution in [3.63, 3.8) is 0 Å². The third-order valence-corrected chi connectivity index (χ3v) is 3.87. The second-order valence-corrected chi connectivity index (χ2v) is 6.45. The van der Waals surface area contributed by atoms with Gasteiger partial charge in [-0.1, -0.05) is 29.8 Å². The fraction of sp³-hybridized carbons (Fsp3) is 0.214. The molecule has 0 unspecified atom stereocenters. The minimum atomic E-state index is -0.499. The van der Waals surface area contributed by atoms with Crippen LogP contribution in [0.1, 0.15) is 25.3 Å². The van der Waals surface area contributed by atoms with Crippen LogP contribution in [-0.2, 0) is 0 Å². The van der Waals surface area contributed by atoms with Gasteiger partial charge in [0.05, 0.1) is 9.40 Å². The zero-order valence-corrected chi connectivity index (χ0v) is 14.5. The number of pyridine rings is 1. The van der Waals surface area contributed by atoms with E-state index in [1.807, 2.05) is 18.2 Å². The van der Waals surface area contributed by atoms with Gasteiger partial charge in [-0.05, 0) is 45.6 Å². The molecule has 0 N–H and O–H groups in total. The topological polar surface area (TPSA) is 65.3 Å². The van der Waals surface area contributed by atoms with Crippen LogP contribution in [0.4, 0.5) is 5.69 Å². The van der Waals surface area contributed by atoms with E-state index in [0.29, 0.717) is 16.1 Å². The van der Waals surface area contributed by atoms with Crippen LogP contribution < -0.4 is 4.74 Å². The average Bonchev–Trinajstić information content (AvgIpc) is 2.42. The Morgan fingerprint density at radius 3 is 2.57 bits per heavy atom. The summed E-state index contributed by atoms with van der Waals surface area (Å²) in [7, 11) is 0. The number of ether oxygens (including phenoxy) is 1. The van der Waals surface area contributed by atoms with Gasteiger partial charge in [0.1, 0.15) is 11.9 Å². The second-order valence-electron chi connectivity index (χ2n) is 4.68. The third-order valence-electron chi connectivity index (χ3n) is 2.80. The molecule has 0 bridgehead atoms. The minimum Gasteiger partial charge on any atom is -0.438 e. The maximum absolute atomic E-state index is 10.7. The fourth-order valence-electron chi connectivity index (χ4n) is 1.76. The Morgan fingerprint density at radius 2 is 2.00 bits per heavy atom. The molecular weight excluding hydrogens is 404 g/mol. The van der Waals surface area contributed by atoms with Gasteiger partial charge in [-0.3, -0.25) is 10.1 Å². The van der Waals surface area contributed by atoms with Gasteiger partial charge in [0.15, 0.2) is 0 Å². The van der Waals surface area contributed by atoms with E-state index in [1.54, 1.807) is 0 Å². The number of rotatable bonds is 4. The second kappa shape index (κ2) is 6.53. The molecule has 0 saturated heterocycles. The van der Waals surface area contributed by atoms with Crippen molar-refractivity contribution < 1.29 is 9.66 Å². The van der Waals surface area contributed by atoms with Gasteiger partial charge < -0.3 is 4.74 Å². The summed E-state index contributed by atoms with van der Waals surface area (Å²) in [5.41, 5.74) is 0.936.